The zero-order valence-electron chi connectivity index (χ0n) is 12.2. The molecule has 1 aliphatic heterocycles. The van der Waals surface area contributed by atoms with Crippen molar-refractivity contribution < 1.29 is 4.74 Å². The van der Waals surface area contributed by atoms with Crippen molar-refractivity contribution in [1.82, 2.24) is 10.2 Å². The monoisotopic (exact) mass is 262 g/mol. The summed E-state index contributed by atoms with van der Waals surface area (Å²) >= 11 is 0. The van der Waals surface area contributed by atoms with E-state index in [2.05, 4.69) is 48.3 Å². The highest BCUT2D eigenvalue weighted by Crippen LogP contribution is 2.16. The number of hydrogen-bond acceptors (Lipinski definition) is 3. The molecule has 1 saturated heterocycles. The average molecular weight is 262 g/mol. The molecule has 1 aliphatic rings. The summed E-state index contributed by atoms with van der Waals surface area (Å²) in [4.78, 5) is 2.52. The molecule has 0 amide bonds. The van der Waals surface area contributed by atoms with Crippen LogP contribution in [0.4, 0.5) is 0 Å². The van der Waals surface area contributed by atoms with E-state index in [1.54, 1.807) is 0 Å². The van der Waals surface area contributed by atoms with Crippen molar-refractivity contribution in [3.05, 3.63) is 35.4 Å². The Morgan fingerprint density at radius 1 is 1.32 bits per heavy atom. The maximum Gasteiger partial charge on any atom is 0.0619 e. The highest BCUT2D eigenvalue weighted by Gasteiger charge is 2.19. The van der Waals surface area contributed by atoms with Gasteiger partial charge in [-0.05, 0) is 37.6 Å². The highest BCUT2D eigenvalue weighted by atomic mass is 16.5. The lowest BCUT2D eigenvalue weighted by Crippen LogP contribution is -2.43. The summed E-state index contributed by atoms with van der Waals surface area (Å²) in [6.07, 6.45) is 1.11. The molecule has 1 aromatic rings. The van der Waals surface area contributed by atoms with Gasteiger partial charge in [-0.15, -0.1) is 0 Å². The maximum atomic E-state index is 5.51. The molecule has 106 valence electrons. The molecule has 0 spiro atoms. The lowest BCUT2D eigenvalue weighted by atomic mass is 10.0. The van der Waals surface area contributed by atoms with E-state index in [9.17, 15) is 0 Å². The van der Waals surface area contributed by atoms with E-state index in [-0.39, 0.29) is 0 Å². The van der Waals surface area contributed by atoms with Gasteiger partial charge in [0.05, 0.1) is 13.2 Å². The van der Waals surface area contributed by atoms with Crippen molar-refractivity contribution in [2.45, 2.75) is 32.9 Å². The minimum atomic E-state index is 0.524. The first kappa shape index (κ1) is 14.5. The number of ether oxygens (including phenoxy) is 1. The van der Waals surface area contributed by atoms with Gasteiger partial charge >= 0.3 is 0 Å². The number of benzene rings is 1. The first-order valence-corrected chi connectivity index (χ1v) is 7.40. The second-order valence-electron chi connectivity index (χ2n) is 5.27. The van der Waals surface area contributed by atoms with Gasteiger partial charge in [0, 0.05) is 19.1 Å². The second kappa shape index (κ2) is 7.63. The normalized spacial score (nSPS) is 20.6. The lowest BCUT2D eigenvalue weighted by Gasteiger charge is -2.33. The van der Waals surface area contributed by atoms with Crippen LogP contribution < -0.4 is 5.32 Å². The third-order valence-corrected chi connectivity index (χ3v) is 3.82. The summed E-state index contributed by atoms with van der Waals surface area (Å²) in [7, 11) is 0. The van der Waals surface area contributed by atoms with E-state index in [1.165, 1.54) is 11.1 Å². The first-order valence-electron chi connectivity index (χ1n) is 7.40. The Bertz CT molecular complexity index is 381. The smallest absolute Gasteiger partial charge is 0.0619 e. The number of hydrogen-bond donors (Lipinski definition) is 1. The Balaban J connectivity index is 1.98. The van der Waals surface area contributed by atoms with Gasteiger partial charge < -0.3 is 10.1 Å². The summed E-state index contributed by atoms with van der Waals surface area (Å²) in [5, 5.41) is 3.40. The van der Waals surface area contributed by atoms with Crippen molar-refractivity contribution in [3.8, 4) is 0 Å². The number of morpholine rings is 1. The third-order valence-electron chi connectivity index (χ3n) is 3.82. The molecular formula is C16H26N2O. The van der Waals surface area contributed by atoms with Crippen molar-refractivity contribution in [3.63, 3.8) is 0 Å². The molecule has 3 heteroatoms. The largest absolute Gasteiger partial charge is 0.379 e. The van der Waals surface area contributed by atoms with Gasteiger partial charge in [0.1, 0.15) is 0 Å². The molecular weight excluding hydrogens is 236 g/mol. The van der Waals surface area contributed by atoms with Crippen LogP contribution >= 0.6 is 0 Å². The van der Waals surface area contributed by atoms with E-state index < -0.39 is 0 Å². The third kappa shape index (κ3) is 4.30. The number of nitrogens with one attached hydrogen (secondary N) is 1. The van der Waals surface area contributed by atoms with Crippen molar-refractivity contribution in [2.75, 3.05) is 32.8 Å². The van der Waals surface area contributed by atoms with E-state index in [0.717, 1.165) is 45.8 Å². The van der Waals surface area contributed by atoms with Crippen LogP contribution in [-0.2, 0) is 17.7 Å². The maximum absolute atomic E-state index is 5.51. The number of rotatable bonds is 6. The minimum Gasteiger partial charge on any atom is -0.379 e. The molecule has 3 nitrogen and oxygen atoms in total. The molecule has 1 atom stereocenters. The Morgan fingerprint density at radius 3 is 2.84 bits per heavy atom. The Hall–Kier alpha value is -0.900. The van der Waals surface area contributed by atoms with Crippen molar-refractivity contribution in [2.24, 2.45) is 0 Å². The van der Waals surface area contributed by atoms with Gasteiger partial charge in [-0.25, -0.2) is 0 Å². The summed E-state index contributed by atoms with van der Waals surface area (Å²) < 4.78 is 5.51. The second-order valence-corrected chi connectivity index (χ2v) is 5.27. The SMILES string of the molecule is CCNCCc1ccccc1CN1CCOCC1C. The van der Waals surface area contributed by atoms with Gasteiger partial charge in [-0.2, -0.15) is 0 Å². The Morgan fingerprint density at radius 2 is 2.11 bits per heavy atom. The fourth-order valence-corrected chi connectivity index (χ4v) is 2.57. The molecule has 0 aliphatic carbocycles. The molecule has 1 unspecified atom stereocenters. The quantitative estimate of drug-likeness (QED) is 0.794. The zero-order valence-corrected chi connectivity index (χ0v) is 12.2. The molecule has 1 fully saturated rings. The van der Waals surface area contributed by atoms with Crippen LogP contribution in [0, 0.1) is 0 Å². The molecule has 2 rings (SSSR count). The molecule has 1 N–H and O–H groups in total. The van der Waals surface area contributed by atoms with E-state index in [4.69, 9.17) is 4.74 Å². The van der Waals surface area contributed by atoms with Gasteiger partial charge in [-0.1, -0.05) is 31.2 Å². The van der Waals surface area contributed by atoms with Crippen molar-refractivity contribution in [1.29, 1.82) is 0 Å². The van der Waals surface area contributed by atoms with Crippen LogP contribution in [0.3, 0.4) is 0 Å². The molecule has 0 saturated carbocycles. The molecule has 1 heterocycles. The van der Waals surface area contributed by atoms with Crippen LogP contribution in [-0.4, -0.2) is 43.8 Å². The number of nitrogens with zero attached hydrogens (tertiary/aromatic N) is 1. The Kier molecular flexibility index (Phi) is 5.83. The molecule has 19 heavy (non-hydrogen) atoms. The van der Waals surface area contributed by atoms with Crippen LogP contribution in [0.25, 0.3) is 0 Å². The number of likely N-dealkylation sites (N-methyl/N-ethyl adjacent to an activating group) is 1. The molecule has 0 bridgehead atoms. The molecule has 0 radical (unpaired) electrons. The van der Waals surface area contributed by atoms with Gasteiger partial charge in [-0.3, -0.25) is 4.90 Å². The summed E-state index contributed by atoms with van der Waals surface area (Å²) in [6, 6.07) is 9.35. The van der Waals surface area contributed by atoms with E-state index in [0.29, 0.717) is 6.04 Å². The predicted octanol–water partition coefficient (Wildman–Crippen LogP) is 2.06. The Labute approximate surface area is 116 Å². The summed E-state index contributed by atoms with van der Waals surface area (Å²) in [5.41, 5.74) is 2.94. The highest BCUT2D eigenvalue weighted by molar-refractivity contribution is 5.27. The van der Waals surface area contributed by atoms with Crippen LogP contribution in [0.15, 0.2) is 24.3 Å². The standard InChI is InChI=1S/C16H26N2O/c1-3-17-9-8-15-6-4-5-7-16(15)12-18-10-11-19-13-14(18)2/h4-7,14,17H,3,8-13H2,1-2H3. The fraction of sp³-hybridized carbons (Fsp3) is 0.625. The predicted molar refractivity (Wildman–Crippen MR) is 79.4 cm³/mol. The first-order chi connectivity index (χ1) is 9.31. The lowest BCUT2D eigenvalue weighted by molar-refractivity contribution is -0.00447. The summed E-state index contributed by atoms with van der Waals surface area (Å²) in [5.74, 6) is 0. The van der Waals surface area contributed by atoms with Crippen molar-refractivity contribution >= 4 is 0 Å². The summed E-state index contributed by atoms with van der Waals surface area (Å²) in [6.45, 7) is 10.3. The van der Waals surface area contributed by atoms with Gasteiger partial charge in [0.25, 0.3) is 0 Å². The molecule has 1 aromatic carbocycles. The van der Waals surface area contributed by atoms with Crippen LogP contribution in [0.1, 0.15) is 25.0 Å². The molecule has 0 aromatic heterocycles. The van der Waals surface area contributed by atoms with E-state index >= 15 is 0 Å². The van der Waals surface area contributed by atoms with Crippen LogP contribution in [0.5, 0.6) is 0 Å². The average Bonchev–Trinajstić information content (AvgIpc) is 2.43. The van der Waals surface area contributed by atoms with Gasteiger partial charge in [0.15, 0.2) is 0 Å². The van der Waals surface area contributed by atoms with Crippen LogP contribution in [0.2, 0.25) is 0 Å². The fourth-order valence-electron chi connectivity index (χ4n) is 2.57. The minimum absolute atomic E-state index is 0.524. The topological polar surface area (TPSA) is 24.5 Å². The van der Waals surface area contributed by atoms with Gasteiger partial charge in [0.2, 0.25) is 0 Å². The van der Waals surface area contributed by atoms with E-state index in [1.807, 2.05) is 0 Å². The zero-order chi connectivity index (χ0) is 13.5.